The van der Waals surface area contributed by atoms with Crippen LogP contribution in [0.5, 0.6) is 0 Å². The second-order valence-electron chi connectivity index (χ2n) is 9.48. The minimum atomic E-state index is -0.510. The van der Waals surface area contributed by atoms with E-state index in [1.807, 2.05) is 46.7 Å². The van der Waals surface area contributed by atoms with Gasteiger partial charge < -0.3 is 14.5 Å². The summed E-state index contributed by atoms with van der Waals surface area (Å²) >= 11 is 1.51. The fraction of sp³-hybridized carbons (Fsp3) is 0.462. The molecule has 34 heavy (non-hydrogen) atoms. The zero-order valence-electron chi connectivity index (χ0n) is 20.7. The van der Waals surface area contributed by atoms with E-state index < -0.39 is 5.60 Å². The number of rotatable bonds is 5. The molecule has 2 heterocycles. The average molecular weight is 478 g/mol. The summed E-state index contributed by atoms with van der Waals surface area (Å²) in [5.41, 5.74) is 4.69. The van der Waals surface area contributed by atoms with E-state index in [9.17, 15) is 15.3 Å². The third-order valence-electron chi connectivity index (χ3n) is 5.56. The topological polar surface area (TPSA) is 93.2 Å². The van der Waals surface area contributed by atoms with Crippen LogP contribution in [0.15, 0.2) is 23.2 Å². The van der Waals surface area contributed by atoms with Crippen molar-refractivity contribution in [2.24, 2.45) is 0 Å². The summed E-state index contributed by atoms with van der Waals surface area (Å²) in [5, 5.41) is 20.1. The highest BCUT2D eigenvalue weighted by molar-refractivity contribution is 7.98. The molecule has 1 aliphatic rings. The van der Waals surface area contributed by atoms with Crippen molar-refractivity contribution >= 4 is 23.7 Å². The monoisotopic (exact) mass is 477 g/mol. The first-order valence-corrected chi connectivity index (χ1v) is 12.3. The summed E-state index contributed by atoms with van der Waals surface area (Å²) < 4.78 is 5.51. The molecule has 178 valence electrons. The zero-order valence-corrected chi connectivity index (χ0v) is 21.5. The van der Waals surface area contributed by atoms with Gasteiger partial charge in [0.05, 0.1) is 11.1 Å². The Morgan fingerprint density at radius 1 is 1.21 bits per heavy atom. The first kappa shape index (κ1) is 25.4. The van der Waals surface area contributed by atoms with Crippen LogP contribution in [0.1, 0.15) is 61.1 Å². The molecule has 0 N–H and O–H groups in total. The SMILES string of the molecule is CCc1c(C#N)c(SCc2ccc3c(c2)CCN(C(=O)OC(C)(C)C)C3)nc(N(C)C)c1C#N. The molecule has 1 aromatic heterocycles. The van der Waals surface area contributed by atoms with Crippen molar-refractivity contribution in [1.29, 1.82) is 10.5 Å². The van der Waals surface area contributed by atoms with Crippen molar-refractivity contribution in [1.82, 2.24) is 9.88 Å². The highest BCUT2D eigenvalue weighted by atomic mass is 32.2. The third-order valence-corrected chi connectivity index (χ3v) is 6.61. The predicted molar refractivity (Wildman–Crippen MR) is 134 cm³/mol. The fourth-order valence-electron chi connectivity index (χ4n) is 3.94. The summed E-state index contributed by atoms with van der Waals surface area (Å²) in [7, 11) is 3.71. The summed E-state index contributed by atoms with van der Waals surface area (Å²) in [6.45, 7) is 8.74. The number of carbonyl (C=O) groups is 1. The number of ether oxygens (including phenoxy) is 1. The Labute approximate surface area is 206 Å². The van der Waals surface area contributed by atoms with Gasteiger partial charge in [-0.05, 0) is 55.9 Å². The number of hydrogen-bond acceptors (Lipinski definition) is 7. The number of carbonyl (C=O) groups excluding carboxylic acids is 1. The van der Waals surface area contributed by atoms with Crippen molar-refractivity contribution in [3.8, 4) is 12.1 Å². The van der Waals surface area contributed by atoms with Gasteiger partial charge in [0.2, 0.25) is 0 Å². The molecule has 0 unspecified atom stereocenters. The zero-order chi connectivity index (χ0) is 25.0. The standard InChI is InChI=1S/C26H31N5O2S/c1-7-20-21(13-27)23(30(5)6)29-24(22(20)14-28)34-16-17-8-9-19-15-31(11-10-18(19)12-17)25(32)33-26(2,3)4/h8-9,12H,7,10-11,15-16H2,1-6H3. The lowest BCUT2D eigenvalue weighted by Gasteiger charge is -2.31. The lowest BCUT2D eigenvalue weighted by Crippen LogP contribution is -2.39. The van der Waals surface area contributed by atoms with E-state index >= 15 is 0 Å². The van der Waals surface area contributed by atoms with Crippen LogP contribution in [0.2, 0.25) is 0 Å². The Kier molecular flexibility index (Phi) is 7.74. The van der Waals surface area contributed by atoms with E-state index in [1.165, 1.54) is 17.3 Å². The highest BCUT2D eigenvalue weighted by Gasteiger charge is 2.26. The average Bonchev–Trinajstić information content (AvgIpc) is 2.79. The maximum atomic E-state index is 12.4. The van der Waals surface area contributed by atoms with E-state index in [0.717, 1.165) is 23.1 Å². The minimum Gasteiger partial charge on any atom is -0.444 e. The number of aromatic nitrogens is 1. The van der Waals surface area contributed by atoms with Gasteiger partial charge in [-0.15, -0.1) is 11.8 Å². The number of amides is 1. The van der Waals surface area contributed by atoms with Gasteiger partial charge in [-0.1, -0.05) is 25.1 Å². The van der Waals surface area contributed by atoms with Gasteiger partial charge in [-0.3, -0.25) is 0 Å². The summed E-state index contributed by atoms with van der Waals surface area (Å²) in [6.07, 6.45) is 1.09. The molecule has 8 heteroatoms. The maximum absolute atomic E-state index is 12.4. The Morgan fingerprint density at radius 2 is 1.91 bits per heavy atom. The van der Waals surface area contributed by atoms with Crippen molar-refractivity contribution in [2.45, 2.75) is 63.5 Å². The van der Waals surface area contributed by atoms with Gasteiger partial charge in [0.25, 0.3) is 0 Å². The molecule has 3 rings (SSSR count). The molecule has 0 spiro atoms. The summed E-state index contributed by atoms with van der Waals surface area (Å²) in [4.78, 5) is 20.7. The largest absolute Gasteiger partial charge is 0.444 e. The van der Waals surface area contributed by atoms with E-state index in [0.29, 0.717) is 47.2 Å². The van der Waals surface area contributed by atoms with Gasteiger partial charge in [-0.25, -0.2) is 9.78 Å². The minimum absolute atomic E-state index is 0.280. The molecule has 0 radical (unpaired) electrons. The number of nitriles is 2. The van der Waals surface area contributed by atoms with Gasteiger partial charge in [0.1, 0.15) is 28.6 Å². The van der Waals surface area contributed by atoms with E-state index in [2.05, 4.69) is 35.3 Å². The van der Waals surface area contributed by atoms with E-state index in [1.54, 1.807) is 4.90 Å². The molecule has 0 atom stereocenters. The highest BCUT2D eigenvalue weighted by Crippen LogP contribution is 2.33. The fourth-order valence-corrected chi connectivity index (χ4v) is 4.89. The van der Waals surface area contributed by atoms with Crippen molar-refractivity contribution < 1.29 is 9.53 Å². The van der Waals surface area contributed by atoms with E-state index in [-0.39, 0.29) is 6.09 Å². The number of nitrogens with zero attached hydrogens (tertiary/aromatic N) is 5. The van der Waals surface area contributed by atoms with Crippen LogP contribution in [0.25, 0.3) is 0 Å². The maximum Gasteiger partial charge on any atom is 0.410 e. The normalized spacial score (nSPS) is 13.0. The van der Waals surface area contributed by atoms with Crippen LogP contribution in [0.3, 0.4) is 0 Å². The Morgan fingerprint density at radius 3 is 2.50 bits per heavy atom. The van der Waals surface area contributed by atoms with Crippen LogP contribution < -0.4 is 4.90 Å². The molecular formula is C26H31N5O2S. The lowest BCUT2D eigenvalue weighted by molar-refractivity contribution is 0.0224. The molecule has 0 aliphatic carbocycles. The van der Waals surface area contributed by atoms with Crippen LogP contribution >= 0.6 is 11.8 Å². The Hall–Kier alpha value is -3.23. The third kappa shape index (κ3) is 5.63. The smallest absolute Gasteiger partial charge is 0.410 e. The second kappa shape index (κ2) is 10.4. The molecule has 2 aromatic rings. The molecule has 7 nitrogen and oxygen atoms in total. The lowest BCUT2D eigenvalue weighted by atomic mass is 9.98. The molecule has 1 aliphatic heterocycles. The molecule has 0 bridgehead atoms. The van der Waals surface area contributed by atoms with E-state index in [4.69, 9.17) is 4.74 Å². The van der Waals surface area contributed by atoms with Gasteiger partial charge in [0, 0.05) is 32.9 Å². The Bertz CT molecular complexity index is 1170. The molecule has 1 amide bonds. The molecule has 0 saturated carbocycles. The van der Waals surface area contributed by atoms with Crippen molar-refractivity contribution in [3.63, 3.8) is 0 Å². The number of fused-ring (bicyclic) bond motifs is 1. The molecule has 1 aromatic carbocycles. The Balaban J connectivity index is 1.79. The molecule has 0 saturated heterocycles. The number of hydrogen-bond donors (Lipinski definition) is 0. The van der Waals surface area contributed by atoms with Crippen LogP contribution in [-0.4, -0.2) is 42.2 Å². The van der Waals surface area contributed by atoms with Crippen molar-refractivity contribution in [2.75, 3.05) is 25.5 Å². The first-order valence-electron chi connectivity index (χ1n) is 11.3. The molecule has 0 fully saturated rings. The van der Waals surface area contributed by atoms with Crippen LogP contribution in [-0.2, 0) is 29.9 Å². The number of anilines is 1. The summed E-state index contributed by atoms with van der Waals surface area (Å²) in [5.74, 6) is 1.25. The first-order chi connectivity index (χ1) is 16.1. The number of pyridine rings is 1. The van der Waals surface area contributed by atoms with Gasteiger partial charge >= 0.3 is 6.09 Å². The summed E-state index contributed by atoms with van der Waals surface area (Å²) in [6, 6.07) is 10.8. The quantitative estimate of drug-likeness (QED) is 0.557. The van der Waals surface area contributed by atoms with Crippen LogP contribution in [0.4, 0.5) is 10.6 Å². The van der Waals surface area contributed by atoms with Crippen LogP contribution in [0, 0.1) is 22.7 Å². The predicted octanol–water partition coefficient (Wildman–Crippen LogP) is 5.04. The number of thioether (sulfide) groups is 1. The van der Waals surface area contributed by atoms with Gasteiger partial charge in [-0.2, -0.15) is 10.5 Å². The molecular weight excluding hydrogens is 446 g/mol. The number of benzene rings is 1. The second-order valence-corrected chi connectivity index (χ2v) is 10.4. The van der Waals surface area contributed by atoms with Gasteiger partial charge in [0.15, 0.2) is 0 Å². The van der Waals surface area contributed by atoms with Crippen molar-refractivity contribution in [3.05, 3.63) is 51.6 Å².